The number of ether oxygens (including phenoxy) is 1. The molecular formula is C15H19NO4. The molecule has 0 aliphatic rings. The predicted octanol–water partition coefficient (Wildman–Crippen LogP) is 2.34. The van der Waals surface area contributed by atoms with Gasteiger partial charge in [-0.15, -0.1) is 6.58 Å². The molecule has 1 rings (SSSR count). The van der Waals surface area contributed by atoms with Gasteiger partial charge in [-0.2, -0.15) is 0 Å². The molecule has 0 heterocycles. The van der Waals surface area contributed by atoms with Crippen molar-refractivity contribution in [2.45, 2.75) is 19.4 Å². The summed E-state index contributed by atoms with van der Waals surface area (Å²) < 4.78 is 5.03. The maximum absolute atomic E-state index is 11.6. The highest BCUT2D eigenvalue weighted by Gasteiger charge is 2.30. The van der Waals surface area contributed by atoms with E-state index >= 15 is 0 Å². The molecule has 0 aromatic heterocycles. The van der Waals surface area contributed by atoms with Crippen LogP contribution in [0.5, 0.6) is 5.75 Å². The first-order valence-corrected chi connectivity index (χ1v) is 6.24. The summed E-state index contributed by atoms with van der Waals surface area (Å²) >= 11 is 0. The van der Waals surface area contributed by atoms with Crippen molar-refractivity contribution in [2.75, 3.05) is 12.4 Å². The van der Waals surface area contributed by atoms with Crippen molar-refractivity contribution < 1.29 is 19.4 Å². The number of methoxy groups -OCH3 is 1. The number of benzene rings is 1. The number of carboxylic acid groups (broad SMARTS) is 1. The molecule has 0 saturated heterocycles. The highest BCUT2D eigenvalue weighted by Crippen LogP contribution is 2.20. The van der Waals surface area contributed by atoms with Crippen LogP contribution >= 0.6 is 0 Å². The summed E-state index contributed by atoms with van der Waals surface area (Å²) in [5.74, 6) is -1.22. The van der Waals surface area contributed by atoms with Crippen LogP contribution in [-0.2, 0) is 9.59 Å². The Bertz CT molecular complexity index is 481. The van der Waals surface area contributed by atoms with Gasteiger partial charge in [0.1, 0.15) is 17.6 Å². The Balaban J connectivity index is 2.92. The second-order valence-electron chi connectivity index (χ2n) is 4.43. The molecule has 0 unspecified atom stereocenters. The van der Waals surface area contributed by atoms with Crippen LogP contribution in [0.1, 0.15) is 13.3 Å². The third-order valence-corrected chi connectivity index (χ3v) is 3.02. The van der Waals surface area contributed by atoms with E-state index in [0.29, 0.717) is 17.9 Å². The Morgan fingerprint density at radius 2 is 2.00 bits per heavy atom. The van der Waals surface area contributed by atoms with Gasteiger partial charge in [0.05, 0.1) is 13.0 Å². The van der Waals surface area contributed by atoms with E-state index in [1.807, 2.05) is 0 Å². The van der Waals surface area contributed by atoms with Crippen molar-refractivity contribution in [3.63, 3.8) is 0 Å². The lowest BCUT2D eigenvalue weighted by Gasteiger charge is -2.22. The fourth-order valence-corrected chi connectivity index (χ4v) is 1.92. The average Bonchev–Trinajstić information content (AvgIpc) is 2.42. The summed E-state index contributed by atoms with van der Waals surface area (Å²) in [6, 6.07) is 5.87. The fraction of sp³-hybridized carbons (Fsp3) is 0.333. The standard InChI is InChI=1S/C15H19NO4/c1-4-5-13(10(2)17)14(15(18)19)16-11-6-8-12(20-3)9-7-11/h4,6-9,13-14,16H,1,5H2,2-3H3,(H,18,19)/t13-,14+/m1/s1. The quantitative estimate of drug-likeness (QED) is 0.713. The van der Waals surface area contributed by atoms with Gasteiger partial charge >= 0.3 is 5.97 Å². The zero-order valence-corrected chi connectivity index (χ0v) is 11.6. The van der Waals surface area contributed by atoms with Gasteiger partial charge in [-0.3, -0.25) is 4.79 Å². The number of carboxylic acids is 1. The Morgan fingerprint density at radius 1 is 1.40 bits per heavy atom. The van der Waals surface area contributed by atoms with Crippen molar-refractivity contribution in [3.05, 3.63) is 36.9 Å². The van der Waals surface area contributed by atoms with Crippen molar-refractivity contribution in [1.29, 1.82) is 0 Å². The van der Waals surface area contributed by atoms with Crippen LogP contribution in [0.25, 0.3) is 0 Å². The number of hydrogen-bond acceptors (Lipinski definition) is 4. The molecule has 0 aliphatic carbocycles. The number of allylic oxidation sites excluding steroid dienone is 1. The first kappa shape index (κ1) is 15.8. The van der Waals surface area contributed by atoms with Gasteiger partial charge in [-0.1, -0.05) is 6.08 Å². The monoisotopic (exact) mass is 277 g/mol. The summed E-state index contributed by atoms with van der Waals surface area (Å²) in [7, 11) is 1.55. The largest absolute Gasteiger partial charge is 0.497 e. The zero-order valence-electron chi connectivity index (χ0n) is 11.6. The van der Waals surface area contributed by atoms with Crippen LogP contribution < -0.4 is 10.1 Å². The molecule has 0 amide bonds. The molecule has 0 spiro atoms. The molecule has 2 atom stereocenters. The van der Waals surface area contributed by atoms with Gasteiger partial charge in [0.15, 0.2) is 0 Å². The Hall–Kier alpha value is -2.30. The van der Waals surface area contributed by atoms with Gasteiger partial charge in [-0.25, -0.2) is 4.79 Å². The van der Waals surface area contributed by atoms with Crippen molar-refractivity contribution in [1.82, 2.24) is 0 Å². The van der Waals surface area contributed by atoms with Gasteiger partial charge in [0.2, 0.25) is 0 Å². The van der Waals surface area contributed by atoms with E-state index in [0.717, 1.165) is 0 Å². The Morgan fingerprint density at radius 3 is 2.40 bits per heavy atom. The topological polar surface area (TPSA) is 75.6 Å². The number of anilines is 1. The van der Waals surface area contributed by atoms with E-state index in [1.54, 1.807) is 37.5 Å². The highest BCUT2D eigenvalue weighted by molar-refractivity contribution is 5.88. The van der Waals surface area contributed by atoms with Gasteiger partial charge in [0.25, 0.3) is 0 Å². The van der Waals surface area contributed by atoms with Gasteiger partial charge in [0, 0.05) is 5.69 Å². The van der Waals surface area contributed by atoms with Gasteiger partial charge < -0.3 is 15.2 Å². The molecule has 0 fully saturated rings. The fourth-order valence-electron chi connectivity index (χ4n) is 1.92. The highest BCUT2D eigenvalue weighted by atomic mass is 16.5. The molecule has 20 heavy (non-hydrogen) atoms. The van der Waals surface area contributed by atoms with Crippen molar-refractivity contribution in [3.8, 4) is 5.75 Å². The molecule has 108 valence electrons. The second-order valence-corrected chi connectivity index (χ2v) is 4.43. The molecule has 0 saturated carbocycles. The number of carbonyl (C=O) groups excluding carboxylic acids is 1. The lowest BCUT2D eigenvalue weighted by molar-refractivity contribution is -0.141. The molecule has 1 aromatic rings. The molecule has 2 N–H and O–H groups in total. The van der Waals surface area contributed by atoms with Gasteiger partial charge in [-0.05, 0) is 37.6 Å². The minimum Gasteiger partial charge on any atom is -0.497 e. The summed E-state index contributed by atoms with van der Waals surface area (Å²) in [5.41, 5.74) is 0.619. The molecule has 0 radical (unpaired) electrons. The van der Waals surface area contributed by atoms with Crippen molar-refractivity contribution in [2.24, 2.45) is 5.92 Å². The first-order chi connectivity index (χ1) is 9.49. The molecule has 1 aromatic carbocycles. The van der Waals surface area contributed by atoms with Crippen LogP contribution in [0.2, 0.25) is 0 Å². The average molecular weight is 277 g/mol. The normalized spacial score (nSPS) is 13.1. The van der Waals surface area contributed by atoms with E-state index in [-0.39, 0.29) is 5.78 Å². The summed E-state index contributed by atoms with van der Waals surface area (Å²) in [6.45, 7) is 4.95. The van der Waals surface area contributed by atoms with Crippen molar-refractivity contribution >= 4 is 17.4 Å². The van der Waals surface area contributed by atoms with E-state index in [9.17, 15) is 14.7 Å². The second kappa shape index (κ2) is 7.33. The number of nitrogens with one attached hydrogen (secondary N) is 1. The minimum absolute atomic E-state index is 0.182. The molecule has 0 aliphatic heterocycles. The van der Waals surface area contributed by atoms with Crippen LogP contribution in [0.3, 0.4) is 0 Å². The Kier molecular flexibility index (Phi) is 5.77. The van der Waals surface area contributed by atoms with E-state index in [1.165, 1.54) is 6.92 Å². The third-order valence-electron chi connectivity index (χ3n) is 3.02. The molecular weight excluding hydrogens is 258 g/mol. The number of carbonyl (C=O) groups is 2. The predicted molar refractivity (Wildman–Crippen MR) is 77.0 cm³/mol. The minimum atomic E-state index is -1.07. The maximum atomic E-state index is 11.6. The number of aliphatic carboxylic acids is 1. The smallest absolute Gasteiger partial charge is 0.326 e. The van der Waals surface area contributed by atoms with Crippen LogP contribution in [0.15, 0.2) is 36.9 Å². The third kappa shape index (κ3) is 4.12. The number of ketones is 1. The maximum Gasteiger partial charge on any atom is 0.326 e. The van der Waals surface area contributed by atoms with E-state index < -0.39 is 17.9 Å². The number of rotatable bonds is 8. The first-order valence-electron chi connectivity index (χ1n) is 6.24. The number of hydrogen-bond donors (Lipinski definition) is 2. The zero-order chi connectivity index (χ0) is 15.1. The van der Waals surface area contributed by atoms with Crippen LogP contribution in [0, 0.1) is 5.92 Å². The molecule has 0 bridgehead atoms. The summed E-state index contributed by atoms with van der Waals surface area (Å²) in [5, 5.41) is 12.2. The van der Waals surface area contributed by atoms with E-state index in [2.05, 4.69) is 11.9 Å². The Labute approximate surface area is 118 Å². The van der Waals surface area contributed by atoms with Crippen LogP contribution in [0.4, 0.5) is 5.69 Å². The molecule has 5 nitrogen and oxygen atoms in total. The summed E-state index contributed by atoms with van der Waals surface area (Å²) in [6.07, 6.45) is 1.87. The lowest BCUT2D eigenvalue weighted by Crippen LogP contribution is -2.40. The van der Waals surface area contributed by atoms with E-state index in [4.69, 9.17) is 4.74 Å². The number of Topliss-reactive ketones (excluding diaryl/α,β-unsaturated/α-hetero) is 1. The summed E-state index contributed by atoms with van der Waals surface area (Å²) in [4.78, 5) is 23.0. The molecule has 5 heteroatoms. The van der Waals surface area contributed by atoms with Crippen LogP contribution in [-0.4, -0.2) is 30.0 Å². The SMILES string of the molecule is C=CC[C@H](C(C)=O)[C@H](Nc1ccc(OC)cc1)C(=O)O. The lowest BCUT2D eigenvalue weighted by atomic mass is 9.92.